The highest BCUT2D eigenvalue weighted by Crippen LogP contribution is 2.20. The quantitative estimate of drug-likeness (QED) is 0.446. The third kappa shape index (κ3) is 7.22. The first-order valence-corrected chi connectivity index (χ1v) is 6.69. The van der Waals surface area contributed by atoms with Crippen molar-refractivity contribution in [3.05, 3.63) is 33.8 Å². The van der Waals surface area contributed by atoms with Crippen LogP contribution in [0.4, 0.5) is 0 Å². The molecule has 0 aliphatic heterocycles. The summed E-state index contributed by atoms with van der Waals surface area (Å²) >= 11 is 12.0. The van der Waals surface area contributed by atoms with Crippen molar-refractivity contribution in [3.8, 4) is 0 Å². The molecule has 1 aromatic carbocycles. The Labute approximate surface area is 142 Å². The number of halogens is 3. The van der Waals surface area contributed by atoms with Crippen molar-refractivity contribution < 1.29 is 0 Å². The Morgan fingerprint density at radius 2 is 2.00 bits per heavy atom. The molecule has 19 heavy (non-hydrogen) atoms. The molecule has 0 bridgehead atoms. The van der Waals surface area contributed by atoms with Crippen LogP contribution in [0.3, 0.4) is 0 Å². The van der Waals surface area contributed by atoms with Gasteiger partial charge >= 0.3 is 0 Å². The molecule has 0 amide bonds. The molecule has 2 N–H and O–H groups in total. The fourth-order valence-electron chi connectivity index (χ4n) is 1.51. The van der Waals surface area contributed by atoms with E-state index in [4.69, 9.17) is 23.2 Å². The third-order valence-electron chi connectivity index (χ3n) is 2.35. The van der Waals surface area contributed by atoms with Crippen LogP contribution in [0.2, 0.25) is 10.0 Å². The Balaban J connectivity index is 0.00000324. The molecule has 3 nitrogen and oxygen atoms in total. The molecule has 1 rings (SSSR count). The summed E-state index contributed by atoms with van der Waals surface area (Å²) in [6, 6.07) is 5.92. The van der Waals surface area contributed by atoms with Gasteiger partial charge in [0, 0.05) is 29.7 Å². The second-order valence-electron chi connectivity index (χ2n) is 4.28. The lowest BCUT2D eigenvalue weighted by molar-refractivity contribution is 0.698. The summed E-state index contributed by atoms with van der Waals surface area (Å²) in [7, 11) is 1.76. The van der Waals surface area contributed by atoms with Gasteiger partial charge in [-0.3, -0.25) is 4.99 Å². The van der Waals surface area contributed by atoms with E-state index in [1.165, 1.54) is 0 Å². The molecule has 0 atom stereocenters. The summed E-state index contributed by atoms with van der Waals surface area (Å²) < 4.78 is 0. The number of benzene rings is 1. The largest absolute Gasteiger partial charge is 0.356 e. The van der Waals surface area contributed by atoms with Gasteiger partial charge in [-0.1, -0.05) is 29.3 Å². The van der Waals surface area contributed by atoms with E-state index in [9.17, 15) is 0 Å². The molecule has 0 heterocycles. The zero-order valence-corrected chi connectivity index (χ0v) is 15.2. The van der Waals surface area contributed by atoms with Crippen molar-refractivity contribution in [1.29, 1.82) is 0 Å². The number of nitrogens with one attached hydrogen (secondary N) is 2. The summed E-state index contributed by atoms with van der Waals surface area (Å²) in [5.41, 5.74) is 1.08. The van der Waals surface area contributed by atoms with Crippen LogP contribution in [0.25, 0.3) is 0 Å². The summed E-state index contributed by atoms with van der Waals surface area (Å²) in [6.07, 6.45) is 0.828. The summed E-state index contributed by atoms with van der Waals surface area (Å²) in [6.45, 7) is 4.92. The minimum Gasteiger partial charge on any atom is -0.356 e. The number of aliphatic imine (C=N–C) groups is 1. The molecule has 0 saturated heterocycles. The van der Waals surface area contributed by atoms with Crippen LogP contribution >= 0.6 is 47.2 Å². The van der Waals surface area contributed by atoms with Crippen LogP contribution in [0.5, 0.6) is 0 Å². The first kappa shape index (κ1) is 18.8. The fraction of sp³-hybridized carbons (Fsp3) is 0.462. The third-order valence-corrected chi connectivity index (χ3v) is 2.94. The highest BCUT2D eigenvalue weighted by atomic mass is 127. The summed E-state index contributed by atoms with van der Waals surface area (Å²) in [5, 5.41) is 7.83. The molecule has 0 spiro atoms. The van der Waals surface area contributed by atoms with E-state index in [0.717, 1.165) is 24.5 Å². The first-order chi connectivity index (χ1) is 8.52. The Kier molecular flexibility index (Phi) is 9.56. The molecule has 0 aromatic heterocycles. The van der Waals surface area contributed by atoms with Gasteiger partial charge in [-0.05, 0) is 38.0 Å². The molecule has 1 aromatic rings. The number of nitrogens with zero attached hydrogens (tertiary/aromatic N) is 1. The van der Waals surface area contributed by atoms with Crippen LogP contribution in [0.15, 0.2) is 23.2 Å². The lowest BCUT2D eigenvalue weighted by atomic mass is 10.1. The van der Waals surface area contributed by atoms with E-state index >= 15 is 0 Å². The zero-order chi connectivity index (χ0) is 13.5. The lowest BCUT2D eigenvalue weighted by Gasteiger charge is -2.14. The number of guanidine groups is 1. The molecular formula is C13H20Cl2IN3. The molecule has 6 heteroatoms. The van der Waals surface area contributed by atoms with Crippen LogP contribution in [-0.4, -0.2) is 25.6 Å². The van der Waals surface area contributed by atoms with E-state index in [-0.39, 0.29) is 24.0 Å². The van der Waals surface area contributed by atoms with Gasteiger partial charge in [0.25, 0.3) is 0 Å². The smallest absolute Gasteiger partial charge is 0.191 e. The topological polar surface area (TPSA) is 36.4 Å². The average molecular weight is 416 g/mol. The minimum atomic E-state index is 0. The number of hydrogen-bond donors (Lipinski definition) is 2. The maximum absolute atomic E-state index is 6.10. The van der Waals surface area contributed by atoms with Crippen LogP contribution in [0.1, 0.15) is 19.4 Å². The summed E-state index contributed by atoms with van der Waals surface area (Å²) in [4.78, 5) is 4.14. The van der Waals surface area contributed by atoms with Gasteiger partial charge in [0.05, 0.1) is 0 Å². The zero-order valence-electron chi connectivity index (χ0n) is 11.3. The van der Waals surface area contributed by atoms with Crippen LogP contribution in [0, 0.1) is 0 Å². The van der Waals surface area contributed by atoms with E-state index in [0.29, 0.717) is 16.1 Å². The molecule has 108 valence electrons. The maximum Gasteiger partial charge on any atom is 0.191 e. The van der Waals surface area contributed by atoms with Gasteiger partial charge in [0.1, 0.15) is 0 Å². The van der Waals surface area contributed by atoms with Gasteiger partial charge in [-0.25, -0.2) is 0 Å². The van der Waals surface area contributed by atoms with Crippen molar-refractivity contribution in [2.45, 2.75) is 26.3 Å². The fourth-order valence-corrected chi connectivity index (χ4v) is 2.01. The molecule has 0 unspecified atom stereocenters. The molecule has 0 fully saturated rings. The Hall–Kier alpha value is -0.200. The summed E-state index contributed by atoms with van der Waals surface area (Å²) in [5.74, 6) is 0.801. The number of hydrogen-bond acceptors (Lipinski definition) is 1. The minimum absolute atomic E-state index is 0. The van der Waals surface area contributed by atoms with Crippen molar-refractivity contribution in [3.63, 3.8) is 0 Å². The van der Waals surface area contributed by atoms with Crippen molar-refractivity contribution >= 4 is 53.1 Å². The Bertz CT molecular complexity index is 422. The average Bonchev–Trinajstić information content (AvgIpc) is 2.30. The second kappa shape index (κ2) is 9.66. The van der Waals surface area contributed by atoms with Gasteiger partial charge in [0.2, 0.25) is 0 Å². The van der Waals surface area contributed by atoms with Gasteiger partial charge in [-0.15, -0.1) is 24.0 Å². The second-order valence-corrected chi connectivity index (χ2v) is 5.13. The Morgan fingerprint density at radius 1 is 1.32 bits per heavy atom. The normalized spacial score (nSPS) is 11.2. The lowest BCUT2D eigenvalue weighted by Crippen LogP contribution is -2.41. The van der Waals surface area contributed by atoms with E-state index in [1.807, 2.05) is 12.1 Å². The molecule has 0 radical (unpaired) electrons. The van der Waals surface area contributed by atoms with Gasteiger partial charge in [-0.2, -0.15) is 0 Å². The van der Waals surface area contributed by atoms with Crippen LogP contribution < -0.4 is 10.6 Å². The SMILES string of the molecule is CN=C(NCCc1ccc(Cl)cc1Cl)NC(C)C.I. The molecule has 0 aliphatic carbocycles. The molecule has 0 aliphatic rings. The van der Waals surface area contributed by atoms with Gasteiger partial charge < -0.3 is 10.6 Å². The predicted octanol–water partition coefficient (Wildman–Crippen LogP) is 3.73. The van der Waals surface area contributed by atoms with E-state index in [2.05, 4.69) is 29.5 Å². The highest BCUT2D eigenvalue weighted by Gasteiger charge is 2.03. The highest BCUT2D eigenvalue weighted by molar-refractivity contribution is 14.0. The first-order valence-electron chi connectivity index (χ1n) is 5.94. The monoisotopic (exact) mass is 415 g/mol. The van der Waals surface area contributed by atoms with E-state index < -0.39 is 0 Å². The molecular weight excluding hydrogens is 396 g/mol. The van der Waals surface area contributed by atoms with E-state index in [1.54, 1.807) is 13.1 Å². The standard InChI is InChI=1S/C13H19Cl2N3.HI/c1-9(2)18-13(16-3)17-7-6-10-4-5-11(14)8-12(10)15;/h4-5,8-9H,6-7H2,1-3H3,(H2,16,17,18);1H. The number of rotatable bonds is 4. The van der Waals surface area contributed by atoms with Crippen molar-refractivity contribution in [1.82, 2.24) is 10.6 Å². The predicted molar refractivity (Wildman–Crippen MR) is 95.2 cm³/mol. The van der Waals surface area contributed by atoms with Crippen molar-refractivity contribution in [2.75, 3.05) is 13.6 Å². The van der Waals surface area contributed by atoms with Crippen molar-refractivity contribution in [2.24, 2.45) is 4.99 Å². The van der Waals surface area contributed by atoms with Gasteiger partial charge in [0.15, 0.2) is 5.96 Å². The maximum atomic E-state index is 6.10. The molecule has 0 saturated carbocycles. The Morgan fingerprint density at radius 3 is 2.53 bits per heavy atom. The van der Waals surface area contributed by atoms with Crippen LogP contribution in [-0.2, 0) is 6.42 Å².